The first kappa shape index (κ1) is 15.0. The van der Waals surface area contributed by atoms with Gasteiger partial charge in [0.25, 0.3) is 0 Å². The number of aromatic nitrogens is 2. The molecule has 0 bridgehead atoms. The lowest BCUT2D eigenvalue weighted by Crippen LogP contribution is -2.49. The molecule has 0 saturated heterocycles. The van der Waals surface area contributed by atoms with E-state index in [0.29, 0.717) is 5.54 Å². The highest BCUT2D eigenvalue weighted by Crippen LogP contribution is 2.33. The maximum atomic E-state index is 4.67. The van der Waals surface area contributed by atoms with Gasteiger partial charge in [-0.05, 0) is 40.8 Å². The van der Waals surface area contributed by atoms with E-state index in [4.69, 9.17) is 0 Å². The number of rotatable bonds is 5. The predicted octanol–water partition coefficient (Wildman–Crippen LogP) is 2.98. The molecule has 0 aromatic carbocycles. The van der Waals surface area contributed by atoms with E-state index in [0.717, 1.165) is 23.7 Å². The fourth-order valence-electron chi connectivity index (χ4n) is 3.55. The van der Waals surface area contributed by atoms with Gasteiger partial charge >= 0.3 is 0 Å². The maximum Gasteiger partial charge on any atom is 0.194 e. The standard InChI is InChI=1S/C16H26N4S/c1-12-10-20-14(13(2)18-15(20)21-12)9-17-11-16(19(3)4)7-5-6-8-16/h10,17H,5-9,11H2,1-4H3. The zero-order chi connectivity index (χ0) is 15.0. The molecule has 116 valence electrons. The van der Waals surface area contributed by atoms with Crippen molar-refractivity contribution in [1.82, 2.24) is 19.6 Å². The molecule has 0 amide bonds. The third-order valence-corrected chi connectivity index (χ3v) is 5.87. The third kappa shape index (κ3) is 2.74. The van der Waals surface area contributed by atoms with Crippen LogP contribution in [0.15, 0.2) is 6.20 Å². The molecule has 0 unspecified atom stereocenters. The van der Waals surface area contributed by atoms with Crippen LogP contribution in [-0.4, -0.2) is 40.5 Å². The van der Waals surface area contributed by atoms with Gasteiger partial charge in [0.2, 0.25) is 0 Å². The van der Waals surface area contributed by atoms with Crippen LogP contribution in [-0.2, 0) is 6.54 Å². The van der Waals surface area contributed by atoms with Crippen LogP contribution in [0.5, 0.6) is 0 Å². The molecular formula is C16H26N4S. The quantitative estimate of drug-likeness (QED) is 0.922. The summed E-state index contributed by atoms with van der Waals surface area (Å²) in [5, 5.41) is 3.70. The molecule has 2 heterocycles. The first-order valence-electron chi connectivity index (χ1n) is 7.84. The van der Waals surface area contributed by atoms with Gasteiger partial charge in [-0.25, -0.2) is 4.98 Å². The Morgan fingerprint density at radius 2 is 2.05 bits per heavy atom. The Balaban J connectivity index is 1.70. The Morgan fingerprint density at radius 1 is 1.33 bits per heavy atom. The number of hydrogen-bond acceptors (Lipinski definition) is 4. The number of aryl methyl sites for hydroxylation is 2. The molecule has 0 aliphatic heterocycles. The number of nitrogens with zero attached hydrogens (tertiary/aromatic N) is 3. The Bertz CT molecular complexity index is 620. The van der Waals surface area contributed by atoms with E-state index < -0.39 is 0 Å². The number of likely N-dealkylation sites (N-methyl/N-ethyl adjacent to an activating group) is 1. The van der Waals surface area contributed by atoms with E-state index in [2.05, 4.69) is 53.7 Å². The van der Waals surface area contributed by atoms with Crippen LogP contribution in [0.1, 0.15) is 41.9 Å². The van der Waals surface area contributed by atoms with Crippen molar-refractivity contribution in [2.75, 3.05) is 20.6 Å². The Hall–Kier alpha value is -0.910. The van der Waals surface area contributed by atoms with Gasteiger partial charge in [-0.15, -0.1) is 11.3 Å². The van der Waals surface area contributed by atoms with Gasteiger partial charge in [-0.2, -0.15) is 0 Å². The summed E-state index contributed by atoms with van der Waals surface area (Å²) < 4.78 is 2.25. The number of hydrogen-bond donors (Lipinski definition) is 1. The van der Waals surface area contributed by atoms with Crippen molar-refractivity contribution < 1.29 is 0 Å². The summed E-state index contributed by atoms with van der Waals surface area (Å²) in [7, 11) is 4.44. The van der Waals surface area contributed by atoms with Crippen molar-refractivity contribution in [3.8, 4) is 0 Å². The van der Waals surface area contributed by atoms with Crippen LogP contribution in [0.4, 0.5) is 0 Å². The van der Waals surface area contributed by atoms with E-state index in [9.17, 15) is 0 Å². The molecule has 0 atom stereocenters. The second-order valence-corrected chi connectivity index (χ2v) is 7.78. The summed E-state index contributed by atoms with van der Waals surface area (Å²) in [4.78, 5) is 9.52. The average Bonchev–Trinajstić information content (AvgIpc) is 3.08. The summed E-state index contributed by atoms with van der Waals surface area (Å²) in [5.41, 5.74) is 2.81. The van der Waals surface area contributed by atoms with Crippen molar-refractivity contribution in [2.45, 2.75) is 51.6 Å². The first-order valence-corrected chi connectivity index (χ1v) is 8.66. The second kappa shape index (κ2) is 5.71. The van der Waals surface area contributed by atoms with E-state index >= 15 is 0 Å². The van der Waals surface area contributed by atoms with Crippen LogP contribution in [0.2, 0.25) is 0 Å². The number of fused-ring (bicyclic) bond motifs is 1. The molecule has 1 fully saturated rings. The van der Waals surface area contributed by atoms with E-state index in [-0.39, 0.29) is 0 Å². The zero-order valence-corrected chi connectivity index (χ0v) is 14.4. The molecule has 0 radical (unpaired) electrons. The summed E-state index contributed by atoms with van der Waals surface area (Å²) in [6, 6.07) is 0. The van der Waals surface area contributed by atoms with Crippen LogP contribution in [0.25, 0.3) is 4.96 Å². The molecule has 5 heteroatoms. The summed E-state index contributed by atoms with van der Waals surface area (Å²) in [6.45, 7) is 6.23. The normalized spacial score (nSPS) is 18.1. The number of nitrogens with one attached hydrogen (secondary N) is 1. The highest BCUT2D eigenvalue weighted by atomic mass is 32.1. The Labute approximate surface area is 131 Å². The number of thiazole rings is 1. The Morgan fingerprint density at radius 3 is 2.71 bits per heavy atom. The van der Waals surface area contributed by atoms with E-state index in [1.807, 2.05) is 0 Å². The van der Waals surface area contributed by atoms with Gasteiger partial charge in [0.05, 0.1) is 11.4 Å². The topological polar surface area (TPSA) is 32.6 Å². The molecule has 3 rings (SSSR count). The highest BCUT2D eigenvalue weighted by Gasteiger charge is 2.35. The van der Waals surface area contributed by atoms with Crippen molar-refractivity contribution >= 4 is 16.3 Å². The molecule has 2 aromatic heterocycles. The number of imidazole rings is 1. The molecule has 4 nitrogen and oxygen atoms in total. The predicted molar refractivity (Wildman–Crippen MR) is 89.1 cm³/mol. The lowest BCUT2D eigenvalue weighted by atomic mass is 9.96. The maximum absolute atomic E-state index is 4.67. The fraction of sp³-hybridized carbons (Fsp3) is 0.688. The van der Waals surface area contributed by atoms with Crippen LogP contribution in [0, 0.1) is 13.8 Å². The molecular weight excluding hydrogens is 280 g/mol. The molecule has 2 aromatic rings. The monoisotopic (exact) mass is 306 g/mol. The van der Waals surface area contributed by atoms with Crippen molar-refractivity contribution in [2.24, 2.45) is 0 Å². The summed E-state index contributed by atoms with van der Waals surface area (Å²) >= 11 is 1.77. The van der Waals surface area contributed by atoms with Crippen molar-refractivity contribution in [3.63, 3.8) is 0 Å². The largest absolute Gasteiger partial charge is 0.309 e. The zero-order valence-electron chi connectivity index (χ0n) is 13.6. The fourth-order valence-corrected chi connectivity index (χ4v) is 4.44. The van der Waals surface area contributed by atoms with E-state index in [1.165, 1.54) is 36.3 Å². The molecule has 21 heavy (non-hydrogen) atoms. The second-order valence-electron chi connectivity index (χ2n) is 6.57. The minimum Gasteiger partial charge on any atom is -0.309 e. The molecule has 1 aliphatic carbocycles. The van der Waals surface area contributed by atoms with Gasteiger partial charge in [0, 0.05) is 29.7 Å². The van der Waals surface area contributed by atoms with Gasteiger partial charge < -0.3 is 10.2 Å². The van der Waals surface area contributed by atoms with Gasteiger partial charge in [-0.1, -0.05) is 12.8 Å². The van der Waals surface area contributed by atoms with Crippen molar-refractivity contribution in [1.29, 1.82) is 0 Å². The SMILES string of the molecule is Cc1cn2c(CNCC3(N(C)C)CCCC3)c(C)nc2s1. The van der Waals surface area contributed by atoms with Gasteiger partial charge in [0.1, 0.15) is 0 Å². The van der Waals surface area contributed by atoms with Crippen LogP contribution >= 0.6 is 11.3 Å². The molecule has 1 N–H and O–H groups in total. The van der Waals surface area contributed by atoms with Gasteiger partial charge in [-0.3, -0.25) is 4.40 Å². The molecule has 1 aliphatic rings. The highest BCUT2D eigenvalue weighted by molar-refractivity contribution is 7.17. The molecule has 1 saturated carbocycles. The lowest BCUT2D eigenvalue weighted by Gasteiger charge is -2.36. The minimum absolute atomic E-state index is 0.349. The third-order valence-electron chi connectivity index (χ3n) is 4.97. The first-order chi connectivity index (χ1) is 10.0. The van der Waals surface area contributed by atoms with Gasteiger partial charge in [0.15, 0.2) is 4.96 Å². The van der Waals surface area contributed by atoms with Crippen LogP contribution in [0.3, 0.4) is 0 Å². The smallest absolute Gasteiger partial charge is 0.194 e. The van der Waals surface area contributed by atoms with Crippen molar-refractivity contribution in [3.05, 3.63) is 22.5 Å². The summed E-state index contributed by atoms with van der Waals surface area (Å²) in [5.74, 6) is 0. The summed E-state index contributed by atoms with van der Waals surface area (Å²) in [6.07, 6.45) is 7.55. The minimum atomic E-state index is 0.349. The van der Waals surface area contributed by atoms with E-state index in [1.54, 1.807) is 11.3 Å². The Kier molecular flexibility index (Phi) is 4.08. The average molecular weight is 306 g/mol. The molecule has 0 spiro atoms. The van der Waals surface area contributed by atoms with Crippen LogP contribution < -0.4 is 5.32 Å². The lowest BCUT2D eigenvalue weighted by molar-refractivity contribution is 0.153.